The molecule has 10 nitrogen and oxygen atoms in total. The van der Waals surface area contributed by atoms with Crippen LogP contribution in [0.1, 0.15) is 28.9 Å². The first-order valence-corrected chi connectivity index (χ1v) is 12.6. The van der Waals surface area contributed by atoms with Crippen molar-refractivity contribution in [3.05, 3.63) is 105 Å². The van der Waals surface area contributed by atoms with Crippen molar-refractivity contribution >= 4 is 39.6 Å². The zero-order valence-corrected chi connectivity index (χ0v) is 21.6. The molecule has 0 spiro atoms. The minimum Gasteiger partial charge on any atom is -0.377 e. The van der Waals surface area contributed by atoms with Gasteiger partial charge >= 0.3 is 0 Å². The lowest BCUT2D eigenvalue weighted by atomic mass is 10.0. The minimum absolute atomic E-state index is 0.135. The highest BCUT2D eigenvalue weighted by Crippen LogP contribution is 2.36. The molecule has 0 unspecified atom stereocenters. The van der Waals surface area contributed by atoms with Crippen LogP contribution in [0.2, 0.25) is 5.02 Å². The molecule has 2 aromatic carbocycles. The van der Waals surface area contributed by atoms with Crippen molar-refractivity contribution in [3.8, 4) is 6.07 Å². The van der Waals surface area contributed by atoms with Crippen molar-refractivity contribution in [2.75, 3.05) is 23.8 Å². The third kappa shape index (κ3) is 4.81. The van der Waals surface area contributed by atoms with E-state index in [2.05, 4.69) is 32.0 Å². The van der Waals surface area contributed by atoms with Crippen LogP contribution in [0.5, 0.6) is 0 Å². The average Bonchev–Trinajstić information content (AvgIpc) is 3.38. The van der Waals surface area contributed by atoms with Crippen molar-refractivity contribution in [3.63, 3.8) is 0 Å². The highest BCUT2D eigenvalue weighted by atomic mass is 35.5. The number of nitrogens with zero attached hydrogens (tertiary/aromatic N) is 6. The van der Waals surface area contributed by atoms with E-state index in [9.17, 15) is 10.1 Å². The second-order valence-corrected chi connectivity index (χ2v) is 9.71. The summed E-state index contributed by atoms with van der Waals surface area (Å²) >= 11 is 6.72. The van der Waals surface area contributed by atoms with Gasteiger partial charge in [0, 0.05) is 36.6 Å². The molecular weight excluding hydrogens is 516 g/mol. The molecule has 0 aliphatic carbocycles. The van der Waals surface area contributed by atoms with Gasteiger partial charge in [0.2, 0.25) is 5.56 Å². The molecule has 1 atom stereocenters. The molecule has 4 heterocycles. The predicted molar refractivity (Wildman–Crippen MR) is 148 cm³/mol. The molecule has 11 heteroatoms. The Hall–Kier alpha value is -4.72. The molecular formula is C28H23ClN8O2. The number of anilines is 3. The van der Waals surface area contributed by atoms with E-state index in [1.54, 1.807) is 25.4 Å². The molecule has 194 valence electrons. The Bertz CT molecular complexity index is 1770. The second-order valence-electron chi connectivity index (χ2n) is 9.31. The molecule has 1 aliphatic rings. The summed E-state index contributed by atoms with van der Waals surface area (Å²) in [5.74, 6) is 0. The monoisotopic (exact) mass is 538 g/mol. The fourth-order valence-corrected chi connectivity index (χ4v) is 4.76. The van der Waals surface area contributed by atoms with Gasteiger partial charge < -0.3 is 19.9 Å². The highest BCUT2D eigenvalue weighted by molar-refractivity contribution is 6.36. The van der Waals surface area contributed by atoms with Crippen LogP contribution >= 0.6 is 11.6 Å². The van der Waals surface area contributed by atoms with Crippen molar-refractivity contribution in [2.45, 2.75) is 12.1 Å². The first-order chi connectivity index (χ1) is 19.0. The van der Waals surface area contributed by atoms with Gasteiger partial charge in [-0.05, 0) is 23.8 Å². The lowest BCUT2D eigenvalue weighted by Crippen LogP contribution is -2.31. The van der Waals surface area contributed by atoms with E-state index in [0.717, 1.165) is 11.3 Å². The maximum absolute atomic E-state index is 11.9. The summed E-state index contributed by atoms with van der Waals surface area (Å²) in [6, 6.07) is 18.9. The normalized spacial score (nSPS) is 14.0. The standard InChI is InChI=1S/C28H23ClN8O2/c1-36-13-19(7-8-25(36)38)32-26-18(11-30)12-31-28-22(26)9-20(10-23(28)29)33-27(17-5-3-2-4-6-17)24-14-37(35-34-24)21-15-39-16-21/h2-10,12-14,21,27,33H,15-16H2,1H3,(H,31,32)/t27-/m0/s1. The Labute approximate surface area is 228 Å². The molecule has 6 rings (SSSR count). The maximum Gasteiger partial charge on any atom is 0.250 e. The molecule has 39 heavy (non-hydrogen) atoms. The van der Waals surface area contributed by atoms with Crippen LogP contribution in [-0.4, -0.2) is 37.8 Å². The molecule has 0 saturated carbocycles. The Morgan fingerprint density at radius 2 is 1.95 bits per heavy atom. The van der Waals surface area contributed by atoms with Crippen LogP contribution < -0.4 is 16.2 Å². The summed E-state index contributed by atoms with van der Waals surface area (Å²) in [7, 11) is 1.67. The van der Waals surface area contributed by atoms with Gasteiger partial charge in [0.05, 0.1) is 52.9 Å². The van der Waals surface area contributed by atoms with E-state index in [1.165, 1.54) is 16.8 Å². The number of hydrogen-bond donors (Lipinski definition) is 2. The summed E-state index contributed by atoms with van der Waals surface area (Å²) in [4.78, 5) is 16.3. The van der Waals surface area contributed by atoms with Gasteiger partial charge in [0.1, 0.15) is 17.8 Å². The summed E-state index contributed by atoms with van der Waals surface area (Å²) < 4.78 is 8.61. The van der Waals surface area contributed by atoms with Crippen molar-refractivity contribution in [1.29, 1.82) is 5.26 Å². The minimum atomic E-state index is -0.318. The third-order valence-electron chi connectivity index (χ3n) is 6.66. The Morgan fingerprint density at radius 3 is 2.67 bits per heavy atom. The van der Waals surface area contributed by atoms with Crippen LogP contribution in [-0.2, 0) is 11.8 Å². The fraction of sp³-hybridized carbons (Fsp3) is 0.179. The molecule has 5 aromatic rings. The van der Waals surface area contributed by atoms with E-state index in [1.807, 2.05) is 47.3 Å². The van der Waals surface area contributed by atoms with Gasteiger partial charge in [-0.3, -0.25) is 9.78 Å². The van der Waals surface area contributed by atoms with E-state index in [0.29, 0.717) is 51.8 Å². The molecule has 0 bridgehead atoms. The molecule has 1 saturated heterocycles. The second kappa shape index (κ2) is 10.2. The van der Waals surface area contributed by atoms with Crippen LogP contribution in [0.15, 0.2) is 78.0 Å². The number of ether oxygens (including phenoxy) is 1. The largest absolute Gasteiger partial charge is 0.377 e. The number of hydrogen-bond acceptors (Lipinski definition) is 8. The smallest absolute Gasteiger partial charge is 0.250 e. The van der Waals surface area contributed by atoms with E-state index in [4.69, 9.17) is 16.3 Å². The molecule has 0 radical (unpaired) electrons. The quantitative estimate of drug-likeness (QED) is 0.309. The molecule has 3 aromatic heterocycles. The van der Waals surface area contributed by atoms with Gasteiger partial charge in [0.25, 0.3) is 0 Å². The van der Waals surface area contributed by atoms with Gasteiger partial charge in [-0.25, -0.2) is 4.68 Å². The number of nitriles is 1. The van der Waals surface area contributed by atoms with Crippen molar-refractivity contribution < 1.29 is 4.74 Å². The summed E-state index contributed by atoms with van der Waals surface area (Å²) in [6.07, 6.45) is 5.09. The summed E-state index contributed by atoms with van der Waals surface area (Å²) in [5.41, 5.74) is 4.39. The SMILES string of the molecule is Cn1cc(Nc2c(C#N)cnc3c(Cl)cc(N[C@@H](c4ccccc4)c4cn(C5COC5)nn4)cc23)ccc1=O. The van der Waals surface area contributed by atoms with Crippen LogP contribution in [0.3, 0.4) is 0 Å². The van der Waals surface area contributed by atoms with Crippen LogP contribution in [0, 0.1) is 11.3 Å². The number of aromatic nitrogens is 5. The fourth-order valence-electron chi connectivity index (χ4n) is 4.49. The first kappa shape index (κ1) is 24.6. The molecule has 2 N–H and O–H groups in total. The van der Waals surface area contributed by atoms with E-state index < -0.39 is 0 Å². The van der Waals surface area contributed by atoms with Gasteiger partial charge in [-0.15, -0.1) is 5.10 Å². The third-order valence-corrected chi connectivity index (χ3v) is 6.95. The highest BCUT2D eigenvalue weighted by Gasteiger charge is 2.25. The van der Waals surface area contributed by atoms with Gasteiger partial charge in [-0.1, -0.05) is 47.1 Å². The summed E-state index contributed by atoms with van der Waals surface area (Å²) in [6.45, 7) is 1.23. The first-order valence-electron chi connectivity index (χ1n) is 12.3. The molecule has 1 aliphatic heterocycles. The number of benzene rings is 2. The molecule has 1 fully saturated rings. The molecule has 0 amide bonds. The number of nitrogens with one attached hydrogen (secondary N) is 2. The number of pyridine rings is 2. The Balaban J connectivity index is 1.43. The lowest BCUT2D eigenvalue weighted by molar-refractivity contribution is -0.0293. The number of aryl methyl sites for hydroxylation is 1. The van der Waals surface area contributed by atoms with E-state index in [-0.39, 0.29) is 17.6 Å². The van der Waals surface area contributed by atoms with Gasteiger partial charge in [0.15, 0.2) is 0 Å². The summed E-state index contributed by atoms with van der Waals surface area (Å²) in [5, 5.41) is 26.6. The number of halogens is 1. The Kier molecular flexibility index (Phi) is 6.44. The van der Waals surface area contributed by atoms with Crippen molar-refractivity contribution in [1.82, 2.24) is 24.5 Å². The van der Waals surface area contributed by atoms with Crippen LogP contribution in [0.25, 0.3) is 10.9 Å². The zero-order chi connectivity index (χ0) is 26.9. The predicted octanol–water partition coefficient (Wildman–Crippen LogP) is 4.57. The Morgan fingerprint density at radius 1 is 1.13 bits per heavy atom. The number of fused-ring (bicyclic) bond motifs is 1. The maximum atomic E-state index is 11.9. The van der Waals surface area contributed by atoms with Crippen LogP contribution in [0.4, 0.5) is 17.1 Å². The van der Waals surface area contributed by atoms with E-state index >= 15 is 0 Å². The topological polar surface area (TPSA) is 123 Å². The van der Waals surface area contributed by atoms with Gasteiger partial charge in [-0.2, -0.15) is 5.26 Å². The average molecular weight is 539 g/mol. The van der Waals surface area contributed by atoms with Crippen molar-refractivity contribution in [2.24, 2.45) is 7.05 Å². The lowest BCUT2D eigenvalue weighted by Gasteiger charge is -2.25. The zero-order valence-electron chi connectivity index (χ0n) is 20.9. The number of rotatable bonds is 7.